The third kappa shape index (κ3) is 5.44. The predicted octanol–water partition coefficient (Wildman–Crippen LogP) is 2.65. The normalized spacial score (nSPS) is 12.4. The summed E-state index contributed by atoms with van der Waals surface area (Å²) in [4.78, 5) is 10.7. The van der Waals surface area contributed by atoms with Crippen molar-refractivity contribution >= 4 is 50.1 Å². The number of hydrogen-bond acceptors (Lipinski definition) is 6. The lowest BCUT2D eigenvalue weighted by Crippen LogP contribution is -2.27. The standard InChI is InChI=1S/C17H16ClF3N6O3S/c1-31(29,30)23-5-4-22-17-25-14-9(7-12(20)13(21)15(14)26-17)16(27-28)24-8-2-3-11(19)10(18)6-8/h2-3,6-7,23,28H,4-5H2,1H3,(H,24,27)(H2,22,25,26). The Hall–Kier alpha value is -2.87. The Kier molecular flexibility index (Phi) is 6.69. The third-order valence-electron chi connectivity index (χ3n) is 3.95. The number of hydrogen-bond donors (Lipinski definition) is 5. The van der Waals surface area contributed by atoms with Crippen LogP contribution in [0.5, 0.6) is 0 Å². The van der Waals surface area contributed by atoms with Crippen molar-refractivity contribution in [3.05, 3.63) is 52.3 Å². The van der Waals surface area contributed by atoms with Crippen LogP contribution in [0, 0.1) is 17.5 Å². The van der Waals surface area contributed by atoms with Crippen molar-refractivity contribution in [2.45, 2.75) is 0 Å². The minimum atomic E-state index is -3.39. The van der Waals surface area contributed by atoms with Crippen LogP contribution in [-0.4, -0.2) is 48.8 Å². The molecule has 14 heteroatoms. The Labute approximate surface area is 179 Å². The molecule has 9 nitrogen and oxygen atoms in total. The fourth-order valence-corrected chi connectivity index (χ4v) is 3.27. The number of hydroxylamine groups is 1. The second-order valence-corrected chi connectivity index (χ2v) is 8.53. The van der Waals surface area contributed by atoms with Gasteiger partial charge in [-0.1, -0.05) is 11.6 Å². The maximum atomic E-state index is 14.3. The molecule has 0 bridgehead atoms. The molecule has 31 heavy (non-hydrogen) atoms. The minimum absolute atomic E-state index is 0.00835. The number of sulfonamides is 1. The van der Waals surface area contributed by atoms with Crippen LogP contribution in [0.25, 0.3) is 11.0 Å². The zero-order valence-corrected chi connectivity index (χ0v) is 17.4. The first-order chi connectivity index (χ1) is 14.6. The maximum Gasteiger partial charge on any atom is 0.208 e. The van der Waals surface area contributed by atoms with Crippen molar-refractivity contribution in [1.29, 1.82) is 0 Å². The Bertz CT molecular complexity index is 1270. The molecule has 0 aliphatic carbocycles. The van der Waals surface area contributed by atoms with E-state index in [4.69, 9.17) is 11.6 Å². The van der Waals surface area contributed by atoms with E-state index < -0.39 is 27.5 Å². The average molecular weight is 477 g/mol. The number of anilines is 1. The summed E-state index contributed by atoms with van der Waals surface area (Å²) in [6, 6.07) is 4.29. The number of nitrogens with one attached hydrogen (secondary N) is 4. The molecule has 0 aliphatic rings. The Morgan fingerprint density at radius 3 is 2.61 bits per heavy atom. The average Bonchev–Trinajstić information content (AvgIpc) is 3.13. The van der Waals surface area contributed by atoms with E-state index in [1.807, 2.05) is 0 Å². The van der Waals surface area contributed by atoms with Gasteiger partial charge in [-0.25, -0.2) is 36.3 Å². The lowest BCUT2D eigenvalue weighted by Gasteiger charge is -2.08. The number of H-pyrrole nitrogens is 1. The van der Waals surface area contributed by atoms with Crippen LogP contribution in [-0.2, 0) is 10.0 Å². The van der Waals surface area contributed by atoms with Gasteiger partial charge in [-0.2, -0.15) is 0 Å². The Balaban J connectivity index is 1.98. The van der Waals surface area contributed by atoms with Crippen LogP contribution in [0.2, 0.25) is 5.02 Å². The fourth-order valence-electron chi connectivity index (χ4n) is 2.62. The third-order valence-corrected chi connectivity index (χ3v) is 4.97. The van der Waals surface area contributed by atoms with Crippen molar-refractivity contribution in [1.82, 2.24) is 20.2 Å². The van der Waals surface area contributed by atoms with Crippen LogP contribution in [0.15, 0.2) is 29.3 Å². The number of amidine groups is 1. The van der Waals surface area contributed by atoms with Gasteiger partial charge < -0.3 is 10.3 Å². The van der Waals surface area contributed by atoms with Gasteiger partial charge in [0.05, 0.1) is 22.5 Å². The van der Waals surface area contributed by atoms with Gasteiger partial charge in [0, 0.05) is 18.7 Å². The van der Waals surface area contributed by atoms with Crippen molar-refractivity contribution < 1.29 is 26.8 Å². The topological polar surface area (TPSA) is 132 Å². The van der Waals surface area contributed by atoms with Crippen molar-refractivity contribution in [3.63, 3.8) is 0 Å². The molecule has 2 aromatic carbocycles. The van der Waals surface area contributed by atoms with Crippen molar-refractivity contribution in [2.75, 3.05) is 24.7 Å². The summed E-state index contributed by atoms with van der Waals surface area (Å²) in [7, 11) is -3.39. The molecule has 3 rings (SSSR count). The zero-order valence-electron chi connectivity index (χ0n) is 15.8. The smallest absolute Gasteiger partial charge is 0.208 e. The van der Waals surface area contributed by atoms with Crippen molar-refractivity contribution in [2.24, 2.45) is 4.99 Å². The number of nitrogens with zero attached hydrogens (tertiary/aromatic N) is 2. The number of imidazole rings is 1. The predicted molar refractivity (Wildman–Crippen MR) is 110 cm³/mol. The summed E-state index contributed by atoms with van der Waals surface area (Å²) in [5, 5.41) is 12.0. The molecular formula is C17H16ClF3N6O3S. The largest absolute Gasteiger partial charge is 0.354 e. The molecule has 0 radical (unpaired) electrons. The summed E-state index contributed by atoms with van der Waals surface area (Å²) >= 11 is 5.72. The van der Waals surface area contributed by atoms with E-state index >= 15 is 0 Å². The molecule has 0 atom stereocenters. The van der Waals surface area contributed by atoms with Crippen LogP contribution < -0.4 is 15.5 Å². The molecule has 0 saturated heterocycles. The van der Waals surface area contributed by atoms with E-state index in [-0.39, 0.29) is 52.2 Å². The SMILES string of the molecule is CS(=O)(=O)NCCNc1nc2c(F)c(F)cc(C(=Nc3ccc(F)c(Cl)c3)NO)c2[nH]1. The summed E-state index contributed by atoms with van der Waals surface area (Å²) < 4.78 is 66.2. The van der Waals surface area contributed by atoms with Gasteiger partial charge in [-0.15, -0.1) is 0 Å². The van der Waals surface area contributed by atoms with Crippen LogP contribution in [0.3, 0.4) is 0 Å². The summed E-state index contributed by atoms with van der Waals surface area (Å²) in [5.74, 6) is -3.43. The molecular weight excluding hydrogens is 461 g/mol. The lowest BCUT2D eigenvalue weighted by atomic mass is 10.1. The Morgan fingerprint density at radius 2 is 1.97 bits per heavy atom. The molecule has 1 heterocycles. The number of aromatic amines is 1. The highest BCUT2D eigenvalue weighted by Crippen LogP contribution is 2.27. The van der Waals surface area contributed by atoms with E-state index in [1.54, 1.807) is 5.48 Å². The van der Waals surface area contributed by atoms with Gasteiger partial charge in [-0.05, 0) is 24.3 Å². The second-order valence-electron chi connectivity index (χ2n) is 6.29. The quantitative estimate of drug-likeness (QED) is 0.154. The summed E-state index contributed by atoms with van der Waals surface area (Å²) in [5.41, 5.74) is 1.46. The molecule has 3 aromatic rings. The first kappa shape index (κ1) is 22.8. The second kappa shape index (κ2) is 9.09. The molecule has 166 valence electrons. The molecule has 0 aliphatic heterocycles. The first-order valence-electron chi connectivity index (χ1n) is 8.59. The van der Waals surface area contributed by atoms with Crippen LogP contribution in [0.4, 0.5) is 24.8 Å². The Morgan fingerprint density at radius 1 is 1.23 bits per heavy atom. The number of aromatic nitrogens is 2. The van der Waals surface area contributed by atoms with Crippen LogP contribution in [0.1, 0.15) is 5.56 Å². The maximum absolute atomic E-state index is 14.3. The number of halogens is 4. The molecule has 0 unspecified atom stereocenters. The fraction of sp³-hybridized carbons (Fsp3) is 0.176. The van der Waals surface area contributed by atoms with E-state index in [9.17, 15) is 26.8 Å². The van der Waals surface area contributed by atoms with Gasteiger partial charge in [0.2, 0.25) is 16.0 Å². The molecule has 0 saturated carbocycles. The highest BCUT2D eigenvalue weighted by molar-refractivity contribution is 7.88. The van der Waals surface area contributed by atoms with Gasteiger partial charge >= 0.3 is 0 Å². The van der Waals surface area contributed by atoms with Gasteiger partial charge in [0.15, 0.2) is 17.5 Å². The number of benzene rings is 2. The zero-order chi connectivity index (χ0) is 22.8. The lowest BCUT2D eigenvalue weighted by molar-refractivity contribution is 0.235. The minimum Gasteiger partial charge on any atom is -0.354 e. The highest BCUT2D eigenvalue weighted by Gasteiger charge is 2.20. The van der Waals surface area contributed by atoms with E-state index in [0.717, 1.165) is 18.4 Å². The molecule has 0 fully saturated rings. The van der Waals surface area contributed by atoms with Crippen LogP contribution >= 0.6 is 11.6 Å². The summed E-state index contributed by atoms with van der Waals surface area (Å²) in [6.45, 7) is 0.120. The number of rotatable bonds is 7. The van der Waals surface area contributed by atoms with E-state index in [1.165, 1.54) is 12.1 Å². The van der Waals surface area contributed by atoms with Gasteiger partial charge in [0.1, 0.15) is 11.3 Å². The molecule has 1 aromatic heterocycles. The number of fused-ring (bicyclic) bond motifs is 1. The van der Waals surface area contributed by atoms with Crippen molar-refractivity contribution in [3.8, 4) is 0 Å². The van der Waals surface area contributed by atoms with E-state index in [2.05, 4.69) is 25.0 Å². The molecule has 0 spiro atoms. The van der Waals surface area contributed by atoms with E-state index in [0.29, 0.717) is 0 Å². The number of aliphatic imine (C=N–C) groups is 1. The molecule has 0 amide bonds. The monoisotopic (exact) mass is 476 g/mol. The molecule has 5 N–H and O–H groups in total. The summed E-state index contributed by atoms with van der Waals surface area (Å²) in [6.07, 6.45) is 0.996. The first-order valence-corrected chi connectivity index (χ1v) is 10.9. The van der Waals surface area contributed by atoms with Gasteiger partial charge in [-0.3, -0.25) is 10.7 Å². The highest BCUT2D eigenvalue weighted by atomic mass is 35.5. The van der Waals surface area contributed by atoms with Gasteiger partial charge in [0.25, 0.3) is 0 Å².